The van der Waals surface area contributed by atoms with Crippen LogP contribution in [0.15, 0.2) is 0 Å². The highest BCUT2D eigenvalue weighted by molar-refractivity contribution is 5.77. The van der Waals surface area contributed by atoms with E-state index in [9.17, 15) is 4.79 Å². The molecule has 0 radical (unpaired) electrons. The molecule has 2 aliphatic heterocycles. The number of likely N-dealkylation sites (tertiary alicyclic amines) is 2. The topological polar surface area (TPSA) is 44.8 Å². The average molecular weight is 293 g/mol. The van der Waals surface area contributed by atoms with Crippen molar-refractivity contribution < 1.29 is 9.53 Å². The molecule has 0 aromatic heterocycles. The second-order valence-corrected chi connectivity index (χ2v) is 6.01. The Labute approximate surface area is 128 Å². The zero-order valence-corrected chi connectivity index (χ0v) is 13.0. The smallest absolute Gasteiger partial charge is 0.248 e. The first-order valence-electron chi connectivity index (χ1n) is 7.91. The van der Waals surface area contributed by atoms with Gasteiger partial charge < -0.3 is 15.0 Å². The Morgan fingerprint density at radius 2 is 1.76 bits per heavy atom. The lowest BCUT2D eigenvalue weighted by molar-refractivity contribution is -0.136. The minimum Gasteiger partial charge on any atom is -0.375 e. The van der Waals surface area contributed by atoms with Gasteiger partial charge in [0.15, 0.2) is 0 Å². The molecule has 0 aliphatic carbocycles. The first-order chi connectivity index (χ1) is 10.2. The van der Waals surface area contributed by atoms with Crippen molar-refractivity contribution in [1.82, 2.24) is 15.1 Å². The molecule has 1 amide bonds. The van der Waals surface area contributed by atoms with E-state index >= 15 is 0 Å². The summed E-state index contributed by atoms with van der Waals surface area (Å²) in [6, 6.07) is 1.14. The lowest BCUT2D eigenvalue weighted by atomic mass is 9.99. The molecule has 0 unspecified atom stereocenters. The van der Waals surface area contributed by atoms with Gasteiger partial charge in [-0.15, -0.1) is 6.42 Å². The third-order valence-electron chi connectivity index (χ3n) is 4.49. The van der Waals surface area contributed by atoms with Gasteiger partial charge in [-0.05, 0) is 25.7 Å². The molecule has 2 fully saturated rings. The van der Waals surface area contributed by atoms with Crippen LogP contribution in [0.1, 0.15) is 25.7 Å². The summed E-state index contributed by atoms with van der Waals surface area (Å²) >= 11 is 0. The molecule has 0 spiro atoms. The van der Waals surface area contributed by atoms with Crippen molar-refractivity contribution in [2.45, 2.75) is 37.8 Å². The van der Waals surface area contributed by atoms with Crippen molar-refractivity contribution in [2.75, 3.05) is 46.4 Å². The number of hydrogen-bond acceptors (Lipinski definition) is 4. The zero-order chi connectivity index (χ0) is 15.1. The number of rotatable bonds is 5. The van der Waals surface area contributed by atoms with E-state index in [4.69, 9.17) is 11.2 Å². The summed E-state index contributed by atoms with van der Waals surface area (Å²) in [5.41, 5.74) is 0. The molecule has 21 heavy (non-hydrogen) atoms. The number of carbonyl (C=O) groups is 1. The molecule has 2 aliphatic rings. The van der Waals surface area contributed by atoms with Gasteiger partial charge in [0, 0.05) is 45.4 Å². The molecule has 2 heterocycles. The number of carbonyl (C=O) groups excluding carboxylic acids is 1. The molecular formula is C16H27N3O2. The van der Waals surface area contributed by atoms with Crippen LogP contribution >= 0.6 is 0 Å². The predicted octanol–water partition coefficient (Wildman–Crippen LogP) is 0.311. The van der Waals surface area contributed by atoms with Crippen LogP contribution in [0, 0.1) is 12.3 Å². The van der Waals surface area contributed by atoms with Crippen LogP contribution in [-0.4, -0.2) is 74.2 Å². The van der Waals surface area contributed by atoms with Crippen LogP contribution in [0.25, 0.3) is 0 Å². The van der Waals surface area contributed by atoms with Crippen molar-refractivity contribution in [3.8, 4) is 12.3 Å². The average Bonchev–Trinajstić information content (AvgIpc) is 2.50. The summed E-state index contributed by atoms with van der Waals surface area (Å²) in [7, 11) is 1.57. The monoisotopic (exact) mass is 293 g/mol. The maximum Gasteiger partial charge on any atom is 0.248 e. The second kappa shape index (κ2) is 8.38. The maximum atomic E-state index is 11.8. The van der Waals surface area contributed by atoms with Gasteiger partial charge in [0.25, 0.3) is 0 Å². The molecule has 5 nitrogen and oxygen atoms in total. The molecule has 0 aromatic carbocycles. The molecule has 0 saturated carbocycles. The summed E-state index contributed by atoms with van der Waals surface area (Å²) in [5.74, 6) is 2.83. The fourth-order valence-electron chi connectivity index (χ4n) is 3.23. The van der Waals surface area contributed by atoms with Gasteiger partial charge in [0.05, 0.1) is 6.54 Å². The highest BCUT2D eigenvalue weighted by atomic mass is 16.5. The van der Waals surface area contributed by atoms with Crippen LogP contribution in [-0.2, 0) is 9.53 Å². The van der Waals surface area contributed by atoms with Crippen molar-refractivity contribution in [1.29, 1.82) is 0 Å². The van der Waals surface area contributed by atoms with Crippen LogP contribution in [0.3, 0.4) is 0 Å². The van der Waals surface area contributed by atoms with Crippen molar-refractivity contribution in [3.63, 3.8) is 0 Å². The largest absolute Gasteiger partial charge is 0.375 e. The summed E-state index contributed by atoms with van der Waals surface area (Å²) in [5, 5.41) is 3.76. The highest BCUT2D eigenvalue weighted by Crippen LogP contribution is 2.15. The lowest BCUT2D eigenvalue weighted by Gasteiger charge is -2.37. The van der Waals surface area contributed by atoms with E-state index in [2.05, 4.69) is 16.1 Å². The first kappa shape index (κ1) is 16.3. The van der Waals surface area contributed by atoms with Gasteiger partial charge in [-0.25, -0.2) is 0 Å². The Balaban J connectivity index is 1.65. The number of piperidine rings is 2. The third-order valence-corrected chi connectivity index (χ3v) is 4.49. The van der Waals surface area contributed by atoms with Crippen molar-refractivity contribution >= 4 is 5.91 Å². The van der Waals surface area contributed by atoms with Crippen LogP contribution < -0.4 is 5.32 Å². The number of methoxy groups -OCH3 is 1. The van der Waals surface area contributed by atoms with Gasteiger partial charge in [0.2, 0.25) is 5.91 Å². The molecule has 1 N–H and O–H groups in total. The van der Waals surface area contributed by atoms with E-state index in [1.54, 1.807) is 7.11 Å². The number of ether oxygens (including phenoxy) is 1. The third kappa shape index (κ3) is 4.99. The standard InChI is InChI=1S/C16H27N3O2/c1-3-8-18-9-4-14(5-10-18)17-15-6-11-19(12-7-15)16(20)13-21-2/h1,14-15,17H,4-13H2,2H3. The van der Waals surface area contributed by atoms with Crippen LogP contribution in [0.4, 0.5) is 0 Å². The first-order valence-corrected chi connectivity index (χ1v) is 7.91. The number of nitrogens with zero attached hydrogens (tertiary/aromatic N) is 2. The number of hydrogen-bond donors (Lipinski definition) is 1. The quantitative estimate of drug-likeness (QED) is 0.741. The van der Waals surface area contributed by atoms with E-state index in [1.807, 2.05) is 4.90 Å². The van der Waals surface area contributed by atoms with E-state index in [1.165, 1.54) is 12.8 Å². The fraction of sp³-hybridized carbons (Fsp3) is 0.812. The summed E-state index contributed by atoms with van der Waals surface area (Å²) < 4.78 is 4.91. The molecule has 2 rings (SSSR count). The predicted molar refractivity (Wildman–Crippen MR) is 82.9 cm³/mol. The number of terminal acetylenes is 1. The minimum atomic E-state index is 0.110. The molecular weight excluding hydrogens is 266 g/mol. The Morgan fingerprint density at radius 1 is 1.19 bits per heavy atom. The fourth-order valence-corrected chi connectivity index (χ4v) is 3.23. The molecule has 0 bridgehead atoms. The van der Waals surface area contributed by atoms with Gasteiger partial charge in [-0.2, -0.15) is 0 Å². The van der Waals surface area contributed by atoms with E-state index < -0.39 is 0 Å². The molecule has 0 atom stereocenters. The number of amides is 1. The Morgan fingerprint density at radius 3 is 2.29 bits per heavy atom. The Hall–Kier alpha value is -1.09. The van der Waals surface area contributed by atoms with Crippen LogP contribution in [0.2, 0.25) is 0 Å². The van der Waals surface area contributed by atoms with Crippen LogP contribution in [0.5, 0.6) is 0 Å². The van der Waals surface area contributed by atoms with Gasteiger partial charge in [-0.1, -0.05) is 5.92 Å². The summed E-state index contributed by atoms with van der Waals surface area (Å²) in [6.07, 6.45) is 9.78. The molecule has 0 aromatic rings. The minimum absolute atomic E-state index is 0.110. The van der Waals surface area contributed by atoms with Gasteiger partial charge in [0.1, 0.15) is 6.61 Å². The molecule has 2 saturated heterocycles. The highest BCUT2D eigenvalue weighted by Gasteiger charge is 2.26. The Bertz CT molecular complexity index is 364. The number of nitrogens with one attached hydrogen (secondary N) is 1. The van der Waals surface area contributed by atoms with E-state index in [0.29, 0.717) is 12.1 Å². The normalized spacial score (nSPS) is 22.2. The Kier molecular flexibility index (Phi) is 6.50. The molecule has 118 valence electrons. The van der Waals surface area contributed by atoms with E-state index in [0.717, 1.165) is 45.6 Å². The summed E-state index contributed by atoms with van der Waals surface area (Å²) in [6.45, 7) is 4.84. The maximum absolute atomic E-state index is 11.8. The lowest BCUT2D eigenvalue weighted by Crippen LogP contribution is -2.51. The van der Waals surface area contributed by atoms with E-state index in [-0.39, 0.29) is 12.5 Å². The van der Waals surface area contributed by atoms with Crippen molar-refractivity contribution in [2.24, 2.45) is 0 Å². The zero-order valence-electron chi connectivity index (χ0n) is 13.0. The summed E-state index contributed by atoms with van der Waals surface area (Å²) in [4.78, 5) is 16.0. The van der Waals surface area contributed by atoms with Gasteiger partial charge >= 0.3 is 0 Å². The second-order valence-electron chi connectivity index (χ2n) is 6.01. The van der Waals surface area contributed by atoms with Gasteiger partial charge in [-0.3, -0.25) is 9.69 Å². The SMILES string of the molecule is C#CCN1CCC(NC2CCN(C(=O)COC)CC2)CC1. The van der Waals surface area contributed by atoms with Crippen molar-refractivity contribution in [3.05, 3.63) is 0 Å². The molecule has 5 heteroatoms.